The van der Waals surface area contributed by atoms with Crippen molar-refractivity contribution in [1.29, 1.82) is 10.7 Å². The second-order valence-electron chi connectivity index (χ2n) is 8.72. The maximum Gasteiger partial charge on any atom is 0.416 e. The molecule has 0 bridgehead atoms. The topological polar surface area (TPSA) is 132 Å². The number of ether oxygens (including phenoxy) is 1. The van der Waals surface area contributed by atoms with E-state index in [0.717, 1.165) is 22.2 Å². The first-order chi connectivity index (χ1) is 17.8. The van der Waals surface area contributed by atoms with E-state index in [0.29, 0.717) is 28.1 Å². The summed E-state index contributed by atoms with van der Waals surface area (Å²) in [4.78, 5) is 27.3. The summed E-state index contributed by atoms with van der Waals surface area (Å²) in [7, 11) is 0. The molecule has 8 nitrogen and oxygen atoms in total. The second kappa shape index (κ2) is 12.4. The molecule has 0 aliphatic rings. The summed E-state index contributed by atoms with van der Waals surface area (Å²) < 4.78 is 5.28. The van der Waals surface area contributed by atoms with Gasteiger partial charge in [-0.2, -0.15) is 5.26 Å². The van der Waals surface area contributed by atoms with E-state index in [4.69, 9.17) is 15.9 Å². The summed E-state index contributed by atoms with van der Waals surface area (Å²) in [6, 6.07) is 21.4. The first-order valence-corrected chi connectivity index (χ1v) is 12.0. The van der Waals surface area contributed by atoms with Gasteiger partial charge in [0.15, 0.2) is 0 Å². The molecule has 0 aromatic heterocycles. The number of anilines is 2. The maximum absolute atomic E-state index is 13.6. The van der Waals surface area contributed by atoms with Crippen molar-refractivity contribution in [3.05, 3.63) is 83.4 Å². The largest absolute Gasteiger partial charge is 0.446 e. The Morgan fingerprint density at radius 3 is 2.43 bits per heavy atom. The Morgan fingerprint density at radius 2 is 1.81 bits per heavy atom. The van der Waals surface area contributed by atoms with Crippen LogP contribution in [0, 0.1) is 16.7 Å². The lowest BCUT2D eigenvalue weighted by molar-refractivity contribution is -0.130. The van der Waals surface area contributed by atoms with Gasteiger partial charge in [-0.15, -0.1) is 0 Å². The van der Waals surface area contributed by atoms with E-state index in [-0.39, 0.29) is 19.1 Å². The molecule has 0 radical (unpaired) electrons. The molecule has 0 saturated carbocycles. The molecule has 3 rings (SSSR count). The van der Waals surface area contributed by atoms with E-state index in [1.807, 2.05) is 48.5 Å². The predicted molar refractivity (Wildman–Crippen MR) is 145 cm³/mol. The van der Waals surface area contributed by atoms with Crippen LogP contribution in [0.5, 0.6) is 0 Å². The minimum atomic E-state index is -0.836. The van der Waals surface area contributed by atoms with Crippen molar-refractivity contribution in [2.45, 2.75) is 39.3 Å². The molecule has 0 fully saturated rings. The van der Waals surface area contributed by atoms with Crippen molar-refractivity contribution < 1.29 is 14.3 Å². The van der Waals surface area contributed by atoms with Gasteiger partial charge in [-0.25, -0.2) is 9.69 Å². The molecule has 3 aromatic carbocycles. The Morgan fingerprint density at radius 1 is 1.11 bits per heavy atom. The van der Waals surface area contributed by atoms with Crippen LogP contribution in [0.1, 0.15) is 37.5 Å². The molecule has 8 heteroatoms. The minimum absolute atomic E-state index is 0.140. The summed E-state index contributed by atoms with van der Waals surface area (Å²) in [6.45, 7) is 5.30. The Hall–Kier alpha value is -4.64. The monoisotopic (exact) mass is 497 g/mol. The van der Waals surface area contributed by atoms with Crippen molar-refractivity contribution in [3.63, 3.8) is 0 Å². The summed E-state index contributed by atoms with van der Waals surface area (Å²) in [5.41, 5.74) is 10.6. The average Bonchev–Trinajstić information content (AvgIpc) is 2.88. The molecule has 0 saturated heterocycles. The van der Waals surface area contributed by atoms with Gasteiger partial charge in [0.1, 0.15) is 6.04 Å². The minimum Gasteiger partial charge on any atom is -0.446 e. The number of benzene rings is 3. The van der Waals surface area contributed by atoms with Crippen molar-refractivity contribution in [1.82, 2.24) is 4.90 Å². The number of nitrogens with zero attached hydrogens (tertiary/aromatic N) is 2. The Balaban J connectivity index is 1.94. The fourth-order valence-corrected chi connectivity index (χ4v) is 4.01. The molecule has 0 unspecified atom stereocenters. The summed E-state index contributed by atoms with van der Waals surface area (Å²) >= 11 is 0. The van der Waals surface area contributed by atoms with Crippen molar-refractivity contribution in [2.75, 3.05) is 17.6 Å². The third kappa shape index (κ3) is 6.53. The molecule has 190 valence electrons. The van der Waals surface area contributed by atoms with Crippen molar-refractivity contribution in [3.8, 4) is 17.2 Å². The van der Waals surface area contributed by atoms with Crippen LogP contribution in [0.2, 0.25) is 0 Å². The Labute approximate surface area is 217 Å². The van der Waals surface area contributed by atoms with E-state index in [1.165, 1.54) is 0 Å². The first-order valence-electron chi connectivity index (χ1n) is 12.0. The van der Waals surface area contributed by atoms with E-state index >= 15 is 0 Å². The number of likely N-dealkylation sites (N-methyl/N-ethyl adjacent to an activating group) is 1. The van der Waals surface area contributed by atoms with Crippen LogP contribution >= 0.6 is 0 Å². The average molecular weight is 498 g/mol. The van der Waals surface area contributed by atoms with Crippen LogP contribution in [0.15, 0.2) is 66.7 Å². The number of carbonyl (C=O) groups is 2. The quantitative estimate of drug-likeness (QED) is 0.274. The lowest BCUT2D eigenvalue weighted by Gasteiger charge is -2.27. The molecule has 1 atom stereocenters. The summed E-state index contributed by atoms with van der Waals surface area (Å²) in [5, 5.41) is 20.5. The van der Waals surface area contributed by atoms with E-state index in [9.17, 15) is 14.9 Å². The van der Waals surface area contributed by atoms with Crippen LogP contribution in [-0.2, 0) is 16.0 Å². The maximum atomic E-state index is 13.6. The fourth-order valence-electron chi connectivity index (χ4n) is 4.01. The van der Waals surface area contributed by atoms with Gasteiger partial charge in [0.2, 0.25) is 0 Å². The van der Waals surface area contributed by atoms with Gasteiger partial charge in [-0.05, 0) is 61.7 Å². The number of nitrogens with two attached hydrogens (primary N) is 1. The number of nitriles is 1. The Kier molecular flexibility index (Phi) is 9.00. The molecule has 0 spiro atoms. The molecule has 0 aliphatic heterocycles. The molecule has 37 heavy (non-hydrogen) atoms. The number of hydrogen-bond donors (Lipinski definition) is 3. The van der Waals surface area contributed by atoms with E-state index in [2.05, 4.69) is 11.4 Å². The van der Waals surface area contributed by atoms with Gasteiger partial charge < -0.3 is 21.2 Å². The molecule has 4 N–H and O–H groups in total. The zero-order valence-corrected chi connectivity index (χ0v) is 21.2. The molecular formula is C29H31N5O3. The van der Waals surface area contributed by atoms with Crippen molar-refractivity contribution >= 4 is 29.6 Å². The standard InChI is InChI=1S/C29H31N5O3/c1-4-34(29(36)37-19(2)3)28(35)27(16-21-9-7-11-26(32)25(21)18-31)33-23-14-12-20(13-15-23)24-10-6-5-8-22(24)17-30/h5-15,18-19,27,31,33H,4,16,32H2,1-3H3/t27-/m0/s1. The number of carbonyl (C=O) groups excluding carboxylic acids is 2. The number of nitrogen functional groups attached to an aromatic ring is 1. The molecule has 3 aromatic rings. The highest BCUT2D eigenvalue weighted by atomic mass is 16.6. The first kappa shape index (κ1) is 27.0. The summed E-state index contributed by atoms with van der Waals surface area (Å²) in [5.74, 6) is -0.453. The fraction of sp³-hybridized carbons (Fsp3) is 0.241. The number of amides is 2. The van der Waals surface area contributed by atoms with Gasteiger partial charge in [0.05, 0.1) is 17.7 Å². The number of hydrogen-bond acceptors (Lipinski definition) is 7. The molecular weight excluding hydrogens is 466 g/mol. The highest BCUT2D eigenvalue weighted by Crippen LogP contribution is 2.26. The second-order valence-corrected chi connectivity index (χ2v) is 8.72. The van der Waals surface area contributed by atoms with Crippen LogP contribution in [0.4, 0.5) is 16.2 Å². The smallest absolute Gasteiger partial charge is 0.416 e. The molecule has 2 amide bonds. The van der Waals surface area contributed by atoms with Gasteiger partial charge in [-0.3, -0.25) is 4.79 Å². The van der Waals surface area contributed by atoms with E-state index < -0.39 is 18.0 Å². The highest BCUT2D eigenvalue weighted by molar-refractivity contribution is 5.97. The number of imide groups is 1. The summed E-state index contributed by atoms with van der Waals surface area (Å²) in [6.07, 6.45) is 0.276. The van der Waals surface area contributed by atoms with Gasteiger partial charge >= 0.3 is 6.09 Å². The third-order valence-electron chi connectivity index (χ3n) is 5.82. The number of rotatable bonds is 9. The highest BCUT2D eigenvalue weighted by Gasteiger charge is 2.30. The number of nitrogens with one attached hydrogen (secondary N) is 2. The zero-order valence-electron chi connectivity index (χ0n) is 21.2. The SMILES string of the molecule is CCN(C(=O)OC(C)C)C(=O)[C@H](Cc1cccc(N)c1C=N)Nc1ccc(-c2ccccc2C#N)cc1. The van der Waals surface area contributed by atoms with Gasteiger partial charge in [-0.1, -0.05) is 42.5 Å². The lowest BCUT2D eigenvalue weighted by Crippen LogP contribution is -2.47. The van der Waals surface area contributed by atoms with Gasteiger partial charge in [0, 0.05) is 36.1 Å². The van der Waals surface area contributed by atoms with Gasteiger partial charge in [0.25, 0.3) is 5.91 Å². The predicted octanol–water partition coefficient (Wildman–Crippen LogP) is 5.22. The Bertz CT molecular complexity index is 1310. The molecule has 0 heterocycles. The normalized spacial score (nSPS) is 11.3. The van der Waals surface area contributed by atoms with Crippen LogP contribution in [0.25, 0.3) is 11.1 Å². The van der Waals surface area contributed by atoms with E-state index in [1.54, 1.807) is 39.0 Å². The molecule has 0 aliphatic carbocycles. The lowest BCUT2D eigenvalue weighted by atomic mass is 9.97. The third-order valence-corrected chi connectivity index (χ3v) is 5.82. The zero-order chi connectivity index (χ0) is 26.9. The van der Waals surface area contributed by atoms with Crippen LogP contribution in [0.3, 0.4) is 0 Å². The van der Waals surface area contributed by atoms with Crippen LogP contribution in [-0.4, -0.2) is 41.8 Å². The van der Waals surface area contributed by atoms with Crippen LogP contribution < -0.4 is 11.1 Å². The van der Waals surface area contributed by atoms with Crippen molar-refractivity contribution in [2.24, 2.45) is 0 Å².